The van der Waals surface area contributed by atoms with E-state index in [0.717, 1.165) is 44.1 Å². The molecule has 1 fully saturated rings. The van der Waals surface area contributed by atoms with Crippen LogP contribution in [0.4, 0.5) is 5.82 Å². The highest BCUT2D eigenvalue weighted by molar-refractivity contribution is 6.30. The first-order valence-electron chi connectivity index (χ1n) is 8.64. The van der Waals surface area contributed by atoms with Gasteiger partial charge in [-0.1, -0.05) is 23.7 Å². The summed E-state index contributed by atoms with van der Waals surface area (Å²) in [5, 5.41) is 13.3. The molecule has 1 aliphatic rings. The highest BCUT2D eigenvalue weighted by Crippen LogP contribution is 2.23. The van der Waals surface area contributed by atoms with Crippen molar-refractivity contribution in [1.29, 1.82) is 0 Å². The van der Waals surface area contributed by atoms with Crippen LogP contribution in [0, 0.1) is 0 Å². The van der Waals surface area contributed by atoms with E-state index in [9.17, 15) is 0 Å². The van der Waals surface area contributed by atoms with Gasteiger partial charge in [0, 0.05) is 36.8 Å². The zero-order valence-electron chi connectivity index (χ0n) is 14.5. The standard InChI is InChI=1S/C18H19ClN6O/c1-2-24-9-11-25(12-10-24)16-8-7-15(21-22-16)18-20-17(23-26-18)13-3-5-14(19)6-4-13/h3-8H,2,9-12H2,1H3. The van der Waals surface area contributed by atoms with Gasteiger partial charge in [0.1, 0.15) is 0 Å². The van der Waals surface area contributed by atoms with Gasteiger partial charge < -0.3 is 14.3 Å². The van der Waals surface area contributed by atoms with Gasteiger partial charge in [0.2, 0.25) is 5.82 Å². The van der Waals surface area contributed by atoms with Crippen LogP contribution in [-0.4, -0.2) is 58.0 Å². The van der Waals surface area contributed by atoms with Crippen LogP contribution in [0.5, 0.6) is 0 Å². The lowest BCUT2D eigenvalue weighted by Crippen LogP contribution is -2.46. The van der Waals surface area contributed by atoms with Crippen LogP contribution in [-0.2, 0) is 0 Å². The molecule has 26 heavy (non-hydrogen) atoms. The van der Waals surface area contributed by atoms with E-state index in [1.807, 2.05) is 24.3 Å². The van der Waals surface area contributed by atoms with Crippen molar-refractivity contribution in [1.82, 2.24) is 25.2 Å². The van der Waals surface area contributed by atoms with Gasteiger partial charge in [-0.3, -0.25) is 0 Å². The molecule has 4 rings (SSSR count). The van der Waals surface area contributed by atoms with Crippen LogP contribution in [0.15, 0.2) is 40.9 Å². The summed E-state index contributed by atoms with van der Waals surface area (Å²) in [6.45, 7) is 7.30. The molecule has 134 valence electrons. The maximum atomic E-state index is 5.91. The summed E-state index contributed by atoms with van der Waals surface area (Å²) in [7, 11) is 0. The Labute approximate surface area is 156 Å². The molecule has 0 aliphatic carbocycles. The SMILES string of the molecule is CCN1CCN(c2ccc(-c3nc(-c4ccc(Cl)cc4)no3)nn2)CC1. The summed E-state index contributed by atoms with van der Waals surface area (Å²) in [6, 6.07) is 11.1. The van der Waals surface area contributed by atoms with Crippen molar-refractivity contribution in [3.63, 3.8) is 0 Å². The Morgan fingerprint density at radius 1 is 1.00 bits per heavy atom. The normalized spacial score (nSPS) is 15.4. The first-order valence-corrected chi connectivity index (χ1v) is 9.02. The summed E-state index contributed by atoms with van der Waals surface area (Å²) in [4.78, 5) is 9.07. The molecule has 1 aromatic carbocycles. The number of aromatic nitrogens is 4. The maximum absolute atomic E-state index is 5.91. The highest BCUT2D eigenvalue weighted by atomic mass is 35.5. The van der Waals surface area contributed by atoms with Crippen LogP contribution in [0.3, 0.4) is 0 Å². The Balaban J connectivity index is 1.48. The second-order valence-electron chi connectivity index (χ2n) is 6.13. The lowest BCUT2D eigenvalue weighted by Gasteiger charge is -2.34. The molecule has 2 aromatic heterocycles. The fraction of sp³-hybridized carbons (Fsp3) is 0.333. The fourth-order valence-corrected chi connectivity index (χ4v) is 3.07. The van der Waals surface area contributed by atoms with Gasteiger partial charge in [-0.05, 0) is 42.9 Å². The molecular weight excluding hydrogens is 352 g/mol. The molecule has 0 amide bonds. The van der Waals surface area contributed by atoms with Crippen molar-refractivity contribution in [3.8, 4) is 23.0 Å². The van der Waals surface area contributed by atoms with Gasteiger partial charge in [0.05, 0.1) is 0 Å². The quantitative estimate of drug-likeness (QED) is 0.699. The van der Waals surface area contributed by atoms with E-state index in [2.05, 4.69) is 37.1 Å². The lowest BCUT2D eigenvalue weighted by atomic mass is 10.2. The molecule has 1 aliphatic heterocycles. The molecular formula is C18H19ClN6O. The van der Waals surface area contributed by atoms with Crippen molar-refractivity contribution >= 4 is 17.4 Å². The third-order valence-electron chi connectivity index (χ3n) is 4.54. The number of anilines is 1. The lowest BCUT2D eigenvalue weighted by molar-refractivity contribution is 0.270. The molecule has 0 saturated carbocycles. The van der Waals surface area contributed by atoms with Crippen molar-refractivity contribution in [3.05, 3.63) is 41.4 Å². The Kier molecular flexibility index (Phi) is 4.81. The van der Waals surface area contributed by atoms with Crippen LogP contribution in [0.1, 0.15) is 6.92 Å². The molecule has 0 atom stereocenters. The minimum Gasteiger partial charge on any atom is -0.353 e. The number of nitrogens with zero attached hydrogens (tertiary/aromatic N) is 6. The summed E-state index contributed by atoms with van der Waals surface area (Å²) < 4.78 is 5.33. The fourth-order valence-electron chi connectivity index (χ4n) is 2.94. The molecule has 1 saturated heterocycles. The Hall–Kier alpha value is -2.51. The maximum Gasteiger partial charge on any atom is 0.278 e. The van der Waals surface area contributed by atoms with E-state index < -0.39 is 0 Å². The zero-order chi connectivity index (χ0) is 17.9. The second kappa shape index (κ2) is 7.39. The van der Waals surface area contributed by atoms with Gasteiger partial charge >= 0.3 is 0 Å². The average molecular weight is 371 g/mol. The molecule has 7 nitrogen and oxygen atoms in total. The third-order valence-corrected chi connectivity index (χ3v) is 4.79. The Morgan fingerprint density at radius 2 is 1.77 bits per heavy atom. The van der Waals surface area contributed by atoms with Crippen LogP contribution >= 0.6 is 11.6 Å². The van der Waals surface area contributed by atoms with Gasteiger partial charge in [-0.2, -0.15) is 4.98 Å². The predicted octanol–water partition coefficient (Wildman–Crippen LogP) is 2.99. The minimum absolute atomic E-state index is 0.352. The van der Waals surface area contributed by atoms with Gasteiger partial charge in [-0.25, -0.2) is 0 Å². The third kappa shape index (κ3) is 3.54. The van der Waals surface area contributed by atoms with E-state index in [0.29, 0.717) is 22.4 Å². The molecule has 3 heterocycles. The van der Waals surface area contributed by atoms with Crippen molar-refractivity contribution < 1.29 is 4.52 Å². The molecule has 0 N–H and O–H groups in total. The molecule has 0 bridgehead atoms. The molecule has 0 unspecified atom stereocenters. The Bertz CT molecular complexity index is 856. The summed E-state index contributed by atoms with van der Waals surface area (Å²) in [5.74, 6) is 1.73. The summed E-state index contributed by atoms with van der Waals surface area (Å²) in [5.41, 5.74) is 1.40. The molecule has 0 spiro atoms. The minimum atomic E-state index is 0.352. The first-order chi connectivity index (χ1) is 12.7. The second-order valence-corrected chi connectivity index (χ2v) is 6.56. The van der Waals surface area contributed by atoms with Gasteiger partial charge in [-0.15, -0.1) is 10.2 Å². The molecule has 3 aromatic rings. The highest BCUT2D eigenvalue weighted by Gasteiger charge is 2.18. The molecule has 8 heteroatoms. The largest absolute Gasteiger partial charge is 0.353 e. The summed E-state index contributed by atoms with van der Waals surface area (Å²) >= 11 is 5.91. The van der Waals surface area contributed by atoms with Crippen LogP contribution in [0.25, 0.3) is 23.0 Å². The van der Waals surface area contributed by atoms with E-state index in [1.165, 1.54) is 0 Å². The van der Waals surface area contributed by atoms with Gasteiger partial charge in [0.15, 0.2) is 11.5 Å². The van der Waals surface area contributed by atoms with Crippen molar-refractivity contribution in [2.45, 2.75) is 6.92 Å². The van der Waals surface area contributed by atoms with Crippen LogP contribution in [0.2, 0.25) is 5.02 Å². The number of piperazine rings is 1. The molecule has 0 radical (unpaired) electrons. The number of halogens is 1. The van der Waals surface area contributed by atoms with Crippen molar-refractivity contribution in [2.75, 3.05) is 37.6 Å². The number of rotatable bonds is 4. The number of likely N-dealkylation sites (N-methyl/N-ethyl adjacent to an activating group) is 1. The van der Waals surface area contributed by atoms with Crippen molar-refractivity contribution in [2.24, 2.45) is 0 Å². The first kappa shape index (κ1) is 16.9. The number of hydrogen-bond donors (Lipinski definition) is 0. The van der Waals surface area contributed by atoms with E-state index >= 15 is 0 Å². The van der Waals surface area contributed by atoms with E-state index in [1.54, 1.807) is 12.1 Å². The predicted molar refractivity (Wildman–Crippen MR) is 100 cm³/mol. The van der Waals surface area contributed by atoms with Gasteiger partial charge in [0.25, 0.3) is 5.89 Å². The van der Waals surface area contributed by atoms with Crippen LogP contribution < -0.4 is 4.90 Å². The monoisotopic (exact) mass is 370 g/mol. The smallest absolute Gasteiger partial charge is 0.278 e. The number of benzene rings is 1. The average Bonchev–Trinajstić information content (AvgIpc) is 3.19. The zero-order valence-corrected chi connectivity index (χ0v) is 15.2. The Morgan fingerprint density at radius 3 is 2.42 bits per heavy atom. The topological polar surface area (TPSA) is 71.2 Å². The van der Waals surface area contributed by atoms with E-state index in [-0.39, 0.29) is 0 Å². The van der Waals surface area contributed by atoms with E-state index in [4.69, 9.17) is 16.1 Å². The summed E-state index contributed by atoms with van der Waals surface area (Å²) in [6.07, 6.45) is 0. The number of hydrogen-bond acceptors (Lipinski definition) is 7.